The van der Waals surface area contributed by atoms with E-state index in [1.807, 2.05) is 32.9 Å². The molecule has 186 valence electrons. The number of carbonyl (C=O) groups excluding carboxylic acids is 1. The highest BCUT2D eigenvalue weighted by molar-refractivity contribution is 7.90. The van der Waals surface area contributed by atoms with Gasteiger partial charge in [-0.15, -0.1) is 0 Å². The average Bonchev–Trinajstić information content (AvgIpc) is 2.84. The third-order valence-corrected chi connectivity index (χ3v) is 6.38. The largest absolute Gasteiger partial charge is 0.490 e. The van der Waals surface area contributed by atoms with E-state index in [1.54, 1.807) is 48.5 Å². The Balaban J connectivity index is 1.98. The van der Waals surface area contributed by atoms with Crippen molar-refractivity contribution < 1.29 is 22.7 Å². The Morgan fingerprint density at radius 1 is 0.971 bits per heavy atom. The van der Waals surface area contributed by atoms with Crippen molar-refractivity contribution in [2.45, 2.75) is 44.4 Å². The summed E-state index contributed by atoms with van der Waals surface area (Å²) in [6, 6.07) is 19.0. The predicted molar refractivity (Wildman–Crippen MR) is 136 cm³/mol. The molecular formula is C26H31N3O5S. The van der Waals surface area contributed by atoms with E-state index < -0.39 is 22.0 Å². The Labute approximate surface area is 206 Å². The van der Waals surface area contributed by atoms with Gasteiger partial charge in [0.25, 0.3) is 15.9 Å². The van der Waals surface area contributed by atoms with Gasteiger partial charge in [-0.25, -0.2) is 13.1 Å². The number of nitrogens with two attached hydrogens (primary N) is 1. The number of sulfonamides is 1. The first-order chi connectivity index (χ1) is 16.7. The fraction of sp³-hybridized carbons (Fsp3) is 0.269. The molecule has 0 saturated heterocycles. The molecule has 8 nitrogen and oxygen atoms in total. The molecule has 0 spiro atoms. The van der Waals surface area contributed by atoms with Crippen molar-refractivity contribution in [3.8, 4) is 11.5 Å². The fourth-order valence-electron chi connectivity index (χ4n) is 3.38. The average molecular weight is 498 g/mol. The predicted octanol–water partition coefficient (Wildman–Crippen LogP) is 3.99. The summed E-state index contributed by atoms with van der Waals surface area (Å²) in [6.45, 7) is 6.43. The summed E-state index contributed by atoms with van der Waals surface area (Å²) >= 11 is 0. The highest BCUT2D eigenvalue weighted by Gasteiger charge is 2.27. The van der Waals surface area contributed by atoms with Crippen LogP contribution in [0.5, 0.6) is 11.5 Å². The van der Waals surface area contributed by atoms with Gasteiger partial charge < -0.3 is 20.5 Å². The number of rotatable bonds is 11. The molecule has 1 amide bonds. The van der Waals surface area contributed by atoms with Crippen LogP contribution in [0.4, 0.5) is 5.69 Å². The fourth-order valence-corrected chi connectivity index (χ4v) is 4.39. The maximum Gasteiger partial charge on any atom is 0.264 e. The Morgan fingerprint density at radius 3 is 2.26 bits per heavy atom. The zero-order valence-corrected chi connectivity index (χ0v) is 20.8. The second-order valence-electron chi connectivity index (χ2n) is 8.07. The quantitative estimate of drug-likeness (QED) is 0.366. The number of ether oxygens (including phenoxy) is 2. The minimum absolute atomic E-state index is 0.00455. The molecule has 0 heterocycles. The van der Waals surface area contributed by atoms with Crippen molar-refractivity contribution in [3.05, 3.63) is 83.9 Å². The molecule has 0 saturated carbocycles. The van der Waals surface area contributed by atoms with Gasteiger partial charge in [-0.1, -0.05) is 36.4 Å². The van der Waals surface area contributed by atoms with Gasteiger partial charge in [-0.3, -0.25) is 4.79 Å². The first-order valence-corrected chi connectivity index (χ1v) is 12.8. The lowest BCUT2D eigenvalue weighted by Crippen LogP contribution is -2.37. The topological polar surface area (TPSA) is 120 Å². The summed E-state index contributed by atoms with van der Waals surface area (Å²) in [6.07, 6.45) is -0.0747. The molecule has 0 radical (unpaired) electrons. The molecule has 0 aliphatic rings. The molecule has 0 fully saturated rings. The first kappa shape index (κ1) is 26.1. The van der Waals surface area contributed by atoms with E-state index in [2.05, 4.69) is 10.0 Å². The van der Waals surface area contributed by atoms with Gasteiger partial charge in [0.15, 0.2) is 11.5 Å². The zero-order valence-electron chi connectivity index (χ0n) is 20.0. The molecule has 9 heteroatoms. The van der Waals surface area contributed by atoms with Gasteiger partial charge in [-0.05, 0) is 68.3 Å². The molecule has 0 aromatic heterocycles. The van der Waals surface area contributed by atoms with Gasteiger partial charge in [0, 0.05) is 12.2 Å². The normalized spacial score (nSPS) is 12.1. The van der Waals surface area contributed by atoms with Crippen molar-refractivity contribution in [3.63, 3.8) is 0 Å². The van der Waals surface area contributed by atoms with E-state index in [0.29, 0.717) is 35.9 Å². The summed E-state index contributed by atoms with van der Waals surface area (Å²) in [4.78, 5) is 13.3. The van der Waals surface area contributed by atoms with E-state index in [9.17, 15) is 13.2 Å². The monoisotopic (exact) mass is 497 g/mol. The molecule has 0 aliphatic heterocycles. The number of anilines is 1. The Kier molecular flexibility index (Phi) is 8.73. The van der Waals surface area contributed by atoms with Crippen molar-refractivity contribution in [1.82, 2.24) is 4.72 Å². The van der Waals surface area contributed by atoms with Crippen LogP contribution in [-0.4, -0.2) is 27.0 Å². The Hall–Kier alpha value is -3.56. The van der Waals surface area contributed by atoms with Crippen molar-refractivity contribution in [1.29, 1.82) is 0 Å². The van der Waals surface area contributed by atoms with Crippen LogP contribution in [-0.2, 0) is 21.4 Å². The summed E-state index contributed by atoms with van der Waals surface area (Å²) in [5, 5.41) is 3.14. The molecule has 0 aliphatic carbocycles. The minimum atomic E-state index is -4.07. The lowest BCUT2D eigenvalue weighted by atomic mass is 10.0. The van der Waals surface area contributed by atoms with Crippen LogP contribution in [0.15, 0.2) is 77.7 Å². The van der Waals surface area contributed by atoms with Crippen molar-refractivity contribution >= 4 is 21.6 Å². The maximum atomic E-state index is 13.3. The van der Waals surface area contributed by atoms with Crippen LogP contribution in [0.25, 0.3) is 0 Å². The number of hydrogen-bond donors (Lipinski definition) is 3. The summed E-state index contributed by atoms with van der Waals surface area (Å²) in [5.41, 5.74) is 7.74. The van der Waals surface area contributed by atoms with E-state index in [4.69, 9.17) is 15.2 Å². The highest BCUT2D eigenvalue weighted by atomic mass is 32.2. The highest BCUT2D eigenvalue weighted by Crippen LogP contribution is 2.33. The van der Waals surface area contributed by atoms with Gasteiger partial charge in [0.05, 0.1) is 17.6 Å². The number of amides is 1. The molecule has 4 N–H and O–H groups in total. The van der Waals surface area contributed by atoms with Crippen molar-refractivity contribution in [2.24, 2.45) is 5.73 Å². The van der Waals surface area contributed by atoms with Crippen LogP contribution in [0.1, 0.15) is 37.9 Å². The van der Waals surface area contributed by atoms with E-state index in [1.165, 1.54) is 12.1 Å². The summed E-state index contributed by atoms with van der Waals surface area (Å²) < 4.78 is 39.4. The van der Waals surface area contributed by atoms with E-state index >= 15 is 0 Å². The summed E-state index contributed by atoms with van der Waals surface area (Å²) in [5.74, 6) is 0.258. The van der Waals surface area contributed by atoms with Gasteiger partial charge >= 0.3 is 0 Å². The number of benzene rings is 3. The summed E-state index contributed by atoms with van der Waals surface area (Å²) in [7, 11) is -4.07. The van der Waals surface area contributed by atoms with E-state index in [-0.39, 0.29) is 11.0 Å². The second-order valence-corrected chi connectivity index (χ2v) is 9.75. The van der Waals surface area contributed by atoms with Gasteiger partial charge in [0.2, 0.25) is 0 Å². The number of hydrogen-bond acceptors (Lipinski definition) is 7. The third kappa shape index (κ3) is 6.97. The number of carbonyl (C=O) groups is 1. The lowest BCUT2D eigenvalue weighted by molar-refractivity contribution is -0.120. The lowest BCUT2D eigenvalue weighted by Gasteiger charge is -2.22. The van der Waals surface area contributed by atoms with Crippen LogP contribution >= 0.6 is 0 Å². The molecule has 0 bridgehead atoms. The molecule has 35 heavy (non-hydrogen) atoms. The maximum absolute atomic E-state index is 13.3. The molecule has 3 aromatic rings. The molecular weight excluding hydrogens is 466 g/mol. The third-order valence-electron chi connectivity index (χ3n) is 5.01. The first-order valence-electron chi connectivity index (χ1n) is 11.3. The van der Waals surface area contributed by atoms with Crippen LogP contribution in [0.2, 0.25) is 0 Å². The molecule has 1 atom stereocenters. The van der Waals surface area contributed by atoms with Gasteiger partial charge in [0.1, 0.15) is 6.04 Å². The van der Waals surface area contributed by atoms with Crippen LogP contribution in [0.3, 0.4) is 0 Å². The standard InChI is InChI=1S/C26H31N3O5S/c1-4-33-24-16-20(12-15-23(24)34-18(2)3)25(28-21-13-10-19(17-27)11-14-21)26(30)29-35(31,32)22-8-6-5-7-9-22/h5-16,18,25,28H,4,17,27H2,1-3H3,(H,29,30). The van der Waals surface area contributed by atoms with Crippen LogP contribution in [0, 0.1) is 0 Å². The minimum Gasteiger partial charge on any atom is -0.490 e. The van der Waals surface area contributed by atoms with E-state index in [0.717, 1.165) is 5.56 Å². The SMILES string of the molecule is CCOc1cc(C(Nc2ccc(CN)cc2)C(=O)NS(=O)(=O)c2ccccc2)ccc1OC(C)C. The van der Waals surface area contributed by atoms with Crippen molar-refractivity contribution in [2.75, 3.05) is 11.9 Å². The Bertz CT molecular complexity index is 1230. The molecule has 1 unspecified atom stereocenters. The van der Waals surface area contributed by atoms with Gasteiger partial charge in [-0.2, -0.15) is 0 Å². The van der Waals surface area contributed by atoms with Crippen LogP contribution < -0.4 is 25.2 Å². The second kappa shape index (κ2) is 11.7. The Morgan fingerprint density at radius 2 is 1.66 bits per heavy atom. The zero-order chi connectivity index (χ0) is 25.4. The molecule has 3 rings (SSSR count). The smallest absolute Gasteiger partial charge is 0.264 e. The number of nitrogens with one attached hydrogen (secondary N) is 2. The molecule has 3 aromatic carbocycles.